The Morgan fingerprint density at radius 2 is 1.95 bits per heavy atom. The number of rotatable bonds is 5. The van der Waals surface area contributed by atoms with Gasteiger partial charge in [0.2, 0.25) is 0 Å². The van der Waals surface area contributed by atoms with Gasteiger partial charge in [-0.25, -0.2) is 5.43 Å². The zero-order chi connectivity index (χ0) is 15.9. The molecule has 0 saturated carbocycles. The molecule has 1 N–H and O–H groups in total. The predicted molar refractivity (Wildman–Crippen MR) is 91.2 cm³/mol. The first-order chi connectivity index (χ1) is 10.5. The number of benzene rings is 2. The van der Waals surface area contributed by atoms with Gasteiger partial charge >= 0.3 is 0 Å². The van der Waals surface area contributed by atoms with Crippen molar-refractivity contribution in [3.05, 3.63) is 64.1 Å². The van der Waals surface area contributed by atoms with Gasteiger partial charge in [-0.3, -0.25) is 4.79 Å². The van der Waals surface area contributed by atoms with Crippen molar-refractivity contribution in [3.63, 3.8) is 0 Å². The smallest absolute Gasteiger partial charge is 0.277 e. The van der Waals surface area contributed by atoms with E-state index in [0.717, 1.165) is 21.3 Å². The van der Waals surface area contributed by atoms with Crippen LogP contribution in [0.1, 0.15) is 18.1 Å². The van der Waals surface area contributed by atoms with E-state index < -0.39 is 0 Å². The Morgan fingerprint density at radius 3 is 2.64 bits per heavy atom. The molecule has 0 radical (unpaired) electrons. The lowest BCUT2D eigenvalue weighted by Crippen LogP contribution is -2.25. The van der Waals surface area contributed by atoms with Gasteiger partial charge in [0.25, 0.3) is 5.91 Å². The molecule has 0 aliphatic rings. The summed E-state index contributed by atoms with van der Waals surface area (Å²) >= 11 is 3.40. The molecule has 0 fully saturated rings. The van der Waals surface area contributed by atoms with Crippen molar-refractivity contribution in [1.29, 1.82) is 0 Å². The lowest BCUT2D eigenvalue weighted by Gasteiger charge is -2.06. The number of hydrazone groups is 1. The third-order valence-corrected chi connectivity index (χ3v) is 3.47. The summed E-state index contributed by atoms with van der Waals surface area (Å²) in [5.74, 6) is 0.364. The molecule has 0 heterocycles. The Kier molecular flexibility index (Phi) is 5.72. The second-order valence-electron chi connectivity index (χ2n) is 4.84. The standard InChI is InChI=1S/C17H17BrN2O2/c1-12-6-8-16(9-7-12)22-11-17(21)20-19-13(2)14-4-3-5-15(18)10-14/h3-10H,11H2,1-2H3,(H,20,21)/b19-13+. The minimum Gasteiger partial charge on any atom is -0.484 e. The van der Waals surface area contributed by atoms with Crippen molar-refractivity contribution in [2.24, 2.45) is 5.10 Å². The van der Waals surface area contributed by atoms with Crippen LogP contribution in [0.5, 0.6) is 5.75 Å². The van der Waals surface area contributed by atoms with E-state index in [4.69, 9.17) is 4.74 Å². The summed E-state index contributed by atoms with van der Waals surface area (Å²) in [4.78, 5) is 11.7. The van der Waals surface area contributed by atoms with Gasteiger partial charge in [0.15, 0.2) is 6.61 Å². The Hall–Kier alpha value is -2.14. The van der Waals surface area contributed by atoms with Gasteiger partial charge in [0.05, 0.1) is 5.71 Å². The van der Waals surface area contributed by atoms with Crippen molar-refractivity contribution >= 4 is 27.5 Å². The van der Waals surface area contributed by atoms with Crippen molar-refractivity contribution < 1.29 is 9.53 Å². The zero-order valence-corrected chi connectivity index (χ0v) is 14.1. The van der Waals surface area contributed by atoms with Crippen molar-refractivity contribution in [1.82, 2.24) is 5.43 Å². The maximum atomic E-state index is 11.7. The topological polar surface area (TPSA) is 50.7 Å². The van der Waals surface area contributed by atoms with Crippen LogP contribution in [-0.4, -0.2) is 18.2 Å². The molecule has 2 aromatic carbocycles. The molecule has 0 atom stereocenters. The number of hydrogen-bond acceptors (Lipinski definition) is 3. The van der Waals surface area contributed by atoms with E-state index in [9.17, 15) is 4.79 Å². The summed E-state index contributed by atoms with van der Waals surface area (Å²) in [7, 11) is 0. The number of aryl methyl sites for hydroxylation is 1. The highest BCUT2D eigenvalue weighted by molar-refractivity contribution is 9.10. The molecular weight excluding hydrogens is 344 g/mol. The molecule has 2 aromatic rings. The van der Waals surface area contributed by atoms with Gasteiger partial charge < -0.3 is 4.74 Å². The quantitative estimate of drug-likeness (QED) is 0.653. The molecule has 1 amide bonds. The molecule has 22 heavy (non-hydrogen) atoms. The fourth-order valence-electron chi connectivity index (χ4n) is 1.74. The number of nitrogens with zero attached hydrogens (tertiary/aromatic N) is 1. The van der Waals surface area contributed by atoms with Gasteiger partial charge in [-0.15, -0.1) is 0 Å². The molecule has 0 saturated heterocycles. The number of carbonyl (C=O) groups is 1. The largest absolute Gasteiger partial charge is 0.484 e. The van der Waals surface area contributed by atoms with Crippen molar-refractivity contribution in [3.8, 4) is 5.75 Å². The van der Waals surface area contributed by atoms with Crippen LogP contribution in [0.3, 0.4) is 0 Å². The summed E-state index contributed by atoms with van der Waals surface area (Å²) in [6, 6.07) is 15.3. The number of hydrogen-bond donors (Lipinski definition) is 1. The van der Waals surface area contributed by atoms with E-state index >= 15 is 0 Å². The maximum absolute atomic E-state index is 11.7. The predicted octanol–water partition coefficient (Wildman–Crippen LogP) is 3.68. The molecule has 0 spiro atoms. The monoisotopic (exact) mass is 360 g/mol. The fourth-order valence-corrected chi connectivity index (χ4v) is 2.14. The second-order valence-corrected chi connectivity index (χ2v) is 5.76. The lowest BCUT2D eigenvalue weighted by atomic mass is 10.1. The lowest BCUT2D eigenvalue weighted by molar-refractivity contribution is -0.123. The highest BCUT2D eigenvalue weighted by Gasteiger charge is 2.03. The van der Waals surface area contributed by atoms with Crippen LogP contribution in [0.25, 0.3) is 0 Å². The molecule has 0 aliphatic heterocycles. The van der Waals surface area contributed by atoms with Crippen LogP contribution < -0.4 is 10.2 Å². The van der Waals surface area contributed by atoms with Gasteiger partial charge in [0.1, 0.15) is 5.75 Å². The summed E-state index contributed by atoms with van der Waals surface area (Å²) < 4.78 is 6.36. The Balaban J connectivity index is 1.86. The first kappa shape index (κ1) is 16.2. The third-order valence-electron chi connectivity index (χ3n) is 2.98. The van der Waals surface area contributed by atoms with Gasteiger partial charge in [-0.2, -0.15) is 5.10 Å². The number of ether oxygens (including phenoxy) is 1. The molecular formula is C17H17BrN2O2. The second kappa shape index (κ2) is 7.75. The highest BCUT2D eigenvalue weighted by Crippen LogP contribution is 2.12. The molecule has 4 nitrogen and oxygen atoms in total. The van der Waals surface area contributed by atoms with E-state index in [1.165, 1.54) is 0 Å². The van der Waals surface area contributed by atoms with Crippen molar-refractivity contribution in [2.75, 3.05) is 6.61 Å². The van der Waals surface area contributed by atoms with Crippen LogP contribution in [0, 0.1) is 6.92 Å². The average molecular weight is 361 g/mol. The highest BCUT2D eigenvalue weighted by atomic mass is 79.9. The minimum atomic E-state index is -0.296. The third kappa shape index (κ3) is 5.00. The Bertz CT molecular complexity index is 681. The summed E-state index contributed by atoms with van der Waals surface area (Å²) in [5.41, 5.74) is 5.30. The maximum Gasteiger partial charge on any atom is 0.277 e. The number of amides is 1. The van der Waals surface area contributed by atoms with E-state index in [2.05, 4.69) is 26.5 Å². The van der Waals surface area contributed by atoms with Crippen LogP contribution >= 0.6 is 15.9 Å². The number of carbonyl (C=O) groups excluding carboxylic acids is 1. The van der Waals surface area contributed by atoms with E-state index in [1.54, 1.807) is 0 Å². The summed E-state index contributed by atoms with van der Waals surface area (Å²) in [5, 5.41) is 4.08. The summed E-state index contributed by atoms with van der Waals surface area (Å²) in [6.45, 7) is 3.76. The van der Waals surface area contributed by atoms with E-state index in [1.807, 2.05) is 62.4 Å². The average Bonchev–Trinajstić information content (AvgIpc) is 2.52. The van der Waals surface area contributed by atoms with Crippen molar-refractivity contribution in [2.45, 2.75) is 13.8 Å². The van der Waals surface area contributed by atoms with E-state index in [-0.39, 0.29) is 12.5 Å². The Labute approximate surface area is 138 Å². The SMILES string of the molecule is C/C(=N\NC(=O)COc1ccc(C)cc1)c1cccc(Br)c1. The molecule has 0 bridgehead atoms. The van der Waals surface area contributed by atoms with Gasteiger partial charge in [-0.05, 0) is 43.7 Å². The minimum absolute atomic E-state index is 0.0711. The molecule has 114 valence electrons. The first-order valence-electron chi connectivity index (χ1n) is 6.83. The molecule has 0 aromatic heterocycles. The zero-order valence-electron chi connectivity index (χ0n) is 12.5. The molecule has 0 unspecified atom stereocenters. The fraction of sp³-hybridized carbons (Fsp3) is 0.176. The molecule has 0 aliphatic carbocycles. The van der Waals surface area contributed by atoms with E-state index in [0.29, 0.717) is 5.75 Å². The number of halogens is 1. The molecule has 5 heteroatoms. The Morgan fingerprint density at radius 1 is 1.23 bits per heavy atom. The van der Waals surface area contributed by atoms with Crippen LogP contribution in [-0.2, 0) is 4.79 Å². The number of nitrogens with one attached hydrogen (secondary N) is 1. The van der Waals surface area contributed by atoms with Crippen LogP contribution in [0.15, 0.2) is 58.1 Å². The first-order valence-corrected chi connectivity index (χ1v) is 7.62. The normalized spacial score (nSPS) is 11.1. The van der Waals surface area contributed by atoms with Crippen LogP contribution in [0.2, 0.25) is 0 Å². The summed E-state index contributed by atoms with van der Waals surface area (Å²) in [6.07, 6.45) is 0. The van der Waals surface area contributed by atoms with Crippen LogP contribution in [0.4, 0.5) is 0 Å². The molecule has 2 rings (SSSR count). The van der Waals surface area contributed by atoms with Gasteiger partial charge in [0, 0.05) is 4.47 Å². The van der Waals surface area contributed by atoms with Gasteiger partial charge in [-0.1, -0.05) is 45.8 Å².